The normalized spacial score (nSPS) is 14.2. The first-order chi connectivity index (χ1) is 36.5. The standard InChI is InChI=1S/C75H56/c1-74(2,3)61-41-59-28-27-56-30-36-63(67-40-34-60(42-61)71(59)73(56)67)52-23-19-48(20-24-52)46-11-15-50(16-12-46)58-33-38-65-64-37-32-57(43-68(64)75(4,5)69(65)44-58)49-13-9-45(10-14-49)47-17-21-51(22-18-47)62-35-29-55-26-25-53-7-6-8-54-31-39-66(62)72(55)70(53)54/h6,8-25,27-44H,7,26H2,1-5H3. The highest BCUT2D eigenvalue weighted by atomic mass is 14.4. The van der Waals surface area contributed by atoms with Crippen LogP contribution in [-0.2, 0) is 17.3 Å². The largest absolute Gasteiger partial charge is 0.0795 e. The van der Waals surface area contributed by atoms with Crippen molar-refractivity contribution < 1.29 is 0 Å². The van der Waals surface area contributed by atoms with Gasteiger partial charge in [0, 0.05) is 5.41 Å². The maximum absolute atomic E-state index is 2.44. The second-order valence-electron chi connectivity index (χ2n) is 23.2. The van der Waals surface area contributed by atoms with Crippen molar-refractivity contribution in [1.29, 1.82) is 0 Å². The molecule has 15 rings (SSSR count). The van der Waals surface area contributed by atoms with Gasteiger partial charge in [0.1, 0.15) is 0 Å². The minimum atomic E-state index is -0.136. The SMILES string of the molecule is CC(C)(C)c1cc2ccc3ccc(-c4ccc(-c5ccc(-c6ccc7c(c6)C(C)(C)c6cc(-c8ccc(-c9ccc(-c%10ccc%11c%12c%13c(ccc%10%12)C=CCC%13=CC%11)cc9)cc8)ccc6-7)cc5)cc4)c4ccc(c1)c2c34. The molecule has 0 radical (unpaired) electrons. The summed E-state index contributed by atoms with van der Waals surface area (Å²) in [6.45, 7) is 11.7. The van der Waals surface area contributed by atoms with Crippen LogP contribution < -0.4 is 0 Å². The monoisotopic (exact) mass is 956 g/mol. The molecular formula is C75H56. The molecule has 0 saturated carbocycles. The highest BCUT2D eigenvalue weighted by Gasteiger charge is 2.36. The van der Waals surface area contributed by atoms with Gasteiger partial charge in [0.15, 0.2) is 0 Å². The Morgan fingerprint density at radius 2 is 0.787 bits per heavy atom. The van der Waals surface area contributed by atoms with Crippen molar-refractivity contribution in [3.05, 3.63) is 252 Å². The molecule has 3 aliphatic carbocycles. The second-order valence-corrected chi connectivity index (χ2v) is 23.2. The number of benzene rings is 12. The molecule has 0 heteroatoms. The highest BCUT2D eigenvalue weighted by molar-refractivity contribution is 6.25. The van der Waals surface area contributed by atoms with E-state index < -0.39 is 0 Å². The van der Waals surface area contributed by atoms with E-state index in [1.165, 1.54) is 160 Å². The van der Waals surface area contributed by atoms with Gasteiger partial charge >= 0.3 is 0 Å². The van der Waals surface area contributed by atoms with Crippen LogP contribution in [0, 0.1) is 0 Å². The Morgan fingerprint density at radius 1 is 0.360 bits per heavy atom. The fraction of sp³-hybridized carbons (Fsp3) is 0.120. The van der Waals surface area contributed by atoms with E-state index in [0.717, 1.165) is 12.8 Å². The van der Waals surface area contributed by atoms with Gasteiger partial charge in [-0.05, 0) is 190 Å². The van der Waals surface area contributed by atoms with Gasteiger partial charge in [0.2, 0.25) is 0 Å². The lowest BCUT2D eigenvalue weighted by atomic mass is 9.80. The highest BCUT2D eigenvalue weighted by Crippen LogP contribution is 2.51. The van der Waals surface area contributed by atoms with E-state index in [-0.39, 0.29) is 10.8 Å². The lowest BCUT2D eigenvalue weighted by Gasteiger charge is -2.24. The Morgan fingerprint density at radius 3 is 1.33 bits per heavy atom. The molecule has 0 amide bonds. The zero-order chi connectivity index (χ0) is 50.3. The van der Waals surface area contributed by atoms with Crippen molar-refractivity contribution >= 4 is 54.7 Å². The van der Waals surface area contributed by atoms with Crippen LogP contribution in [0.4, 0.5) is 0 Å². The fourth-order valence-electron chi connectivity index (χ4n) is 13.3. The van der Waals surface area contributed by atoms with Gasteiger partial charge in [-0.3, -0.25) is 0 Å². The summed E-state index contributed by atoms with van der Waals surface area (Å²) < 4.78 is 0. The van der Waals surface area contributed by atoms with Crippen molar-refractivity contribution in [2.24, 2.45) is 0 Å². The van der Waals surface area contributed by atoms with Crippen molar-refractivity contribution in [2.45, 2.75) is 58.3 Å². The predicted octanol–water partition coefficient (Wildman–Crippen LogP) is 20.7. The molecule has 0 spiro atoms. The molecule has 0 nitrogen and oxygen atoms in total. The maximum Gasteiger partial charge on any atom is 0.0159 e. The molecule has 75 heavy (non-hydrogen) atoms. The van der Waals surface area contributed by atoms with Crippen LogP contribution in [0.5, 0.6) is 0 Å². The molecule has 0 heterocycles. The molecule has 0 atom stereocenters. The molecule has 0 bridgehead atoms. The molecule has 0 N–H and O–H groups in total. The lowest BCUT2D eigenvalue weighted by molar-refractivity contribution is 0.591. The van der Waals surface area contributed by atoms with Crippen molar-refractivity contribution in [2.75, 3.05) is 0 Å². The second kappa shape index (κ2) is 16.2. The molecule has 356 valence electrons. The van der Waals surface area contributed by atoms with Crippen molar-refractivity contribution in [3.8, 4) is 77.9 Å². The summed E-state index contributed by atoms with van der Waals surface area (Å²) in [5.74, 6) is 0. The Kier molecular flexibility index (Phi) is 9.50. The molecule has 0 saturated heterocycles. The summed E-state index contributed by atoms with van der Waals surface area (Å²) in [5.41, 5.74) is 27.5. The topological polar surface area (TPSA) is 0 Å². The summed E-state index contributed by atoms with van der Waals surface area (Å²) in [6, 6.07) is 78.8. The first-order valence-electron chi connectivity index (χ1n) is 26.9. The maximum atomic E-state index is 2.44. The van der Waals surface area contributed by atoms with E-state index in [1.54, 1.807) is 0 Å². The summed E-state index contributed by atoms with van der Waals surface area (Å²) in [7, 11) is 0. The van der Waals surface area contributed by atoms with Crippen molar-refractivity contribution in [3.63, 3.8) is 0 Å². The van der Waals surface area contributed by atoms with Crippen LogP contribution in [-0.4, -0.2) is 0 Å². The summed E-state index contributed by atoms with van der Waals surface area (Å²) in [4.78, 5) is 0. The van der Waals surface area contributed by atoms with E-state index in [2.05, 4.69) is 259 Å². The quantitative estimate of drug-likeness (QED) is 0.146. The number of fused-ring (bicyclic) bond motifs is 3. The minimum Gasteiger partial charge on any atom is -0.0795 e. The summed E-state index contributed by atoms with van der Waals surface area (Å²) in [5, 5.41) is 10.8. The number of rotatable bonds is 6. The average molecular weight is 957 g/mol. The lowest BCUT2D eigenvalue weighted by Crippen LogP contribution is -2.15. The van der Waals surface area contributed by atoms with Gasteiger partial charge in [-0.2, -0.15) is 0 Å². The van der Waals surface area contributed by atoms with Gasteiger partial charge in [-0.25, -0.2) is 0 Å². The number of hydrogen-bond acceptors (Lipinski definition) is 0. The van der Waals surface area contributed by atoms with Gasteiger partial charge in [0.25, 0.3) is 0 Å². The molecule has 12 aromatic carbocycles. The molecule has 0 fully saturated rings. The van der Waals surface area contributed by atoms with E-state index in [0.29, 0.717) is 0 Å². The third kappa shape index (κ3) is 6.89. The van der Waals surface area contributed by atoms with Crippen LogP contribution in [0.15, 0.2) is 218 Å². The van der Waals surface area contributed by atoms with Gasteiger partial charge in [-0.1, -0.05) is 247 Å². The van der Waals surface area contributed by atoms with Gasteiger partial charge in [0.05, 0.1) is 0 Å². The zero-order valence-corrected chi connectivity index (χ0v) is 43.3. The van der Waals surface area contributed by atoms with E-state index >= 15 is 0 Å². The van der Waals surface area contributed by atoms with Crippen LogP contribution in [0.3, 0.4) is 0 Å². The first-order valence-corrected chi connectivity index (χ1v) is 26.9. The first kappa shape index (κ1) is 44.0. The number of allylic oxidation sites excluding steroid dienone is 3. The summed E-state index contributed by atoms with van der Waals surface area (Å²) >= 11 is 0. The molecule has 0 aromatic heterocycles. The van der Waals surface area contributed by atoms with Crippen LogP contribution in [0.2, 0.25) is 0 Å². The molecule has 12 aromatic rings. The van der Waals surface area contributed by atoms with Crippen LogP contribution in [0.1, 0.15) is 74.4 Å². The average Bonchev–Trinajstić information content (AvgIpc) is 3.75. The fourth-order valence-corrected chi connectivity index (χ4v) is 13.3. The third-order valence-corrected chi connectivity index (χ3v) is 17.5. The van der Waals surface area contributed by atoms with E-state index in [9.17, 15) is 0 Å². The Hall–Kier alpha value is -8.58. The Labute approximate surface area is 440 Å². The number of hydrogen-bond donors (Lipinski definition) is 0. The molecule has 0 aliphatic heterocycles. The Balaban J connectivity index is 0.658. The third-order valence-electron chi connectivity index (χ3n) is 17.5. The van der Waals surface area contributed by atoms with E-state index in [1.807, 2.05) is 0 Å². The molecule has 3 aliphatic rings. The van der Waals surface area contributed by atoms with Gasteiger partial charge in [-0.15, -0.1) is 0 Å². The van der Waals surface area contributed by atoms with Gasteiger partial charge < -0.3 is 0 Å². The van der Waals surface area contributed by atoms with Crippen LogP contribution in [0.25, 0.3) is 133 Å². The predicted molar refractivity (Wildman–Crippen MR) is 322 cm³/mol. The summed E-state index contributed by atoms with van der Waals surface area (Å²) in [6.07, 6.45) is 9.08. The van der Waals surface area contributed by atoms with Crippen LogP contribution >= 0.6 is 0 Å². The van der Waals surface area contributed by atoms with Crippen molar-refractivity contribution in [1.82, 2.24) is 0 Å². The Bertz CT molecular complexity index is 4370. The minimum absolute atomic E-state index is 0.0980. The smallest absolute Gasteiger partial charge is 0.0159 e. The zero-order valence-electron chi connectivity index (χ0n) is 43.3. The van der Waals surface area contributed by atoms with E-state index in [4.69, 9.17) is 0 Å². The molecular weight excluding hydrogens is 901 g/mol. The molecule has 0 unspecified atom stereocenters.